The Kier molecular flexibility index (Phi) is 8.19. The summed E-state index contributed by atoms with van der Waals surface area (Å²) in [4.78, 5) is 5.79. The predicted molar refractivity (Wildman–Crippen MR) is 151 cm³/mol. The first-order valence-electron chi connectivity index (χ1n) is 11.2. The van der Waals surface area contributed by atoms with Crippen LogP contribution in [0.2, 0.25) is 5.02 Å². The van der Waals surface area contributed by atoms with E-state index in [-0.39, 0.29) is 6.04 Å². The number of rotatable bonds is 5. The summed E-state index contributed by atoms with van der Waals surface area (Å²) in [6.45, 7) is 3.02. The molecule has 5 rings (SSSR count). The number of H-pyrrole nitrogens is 1. The van der Waals surface area contributed by atoms with Crippen molar-refractivity contribution in [2.24, 2.45) is 0 Å². The Morgan fingerprint density at radius 3 is 2.62 bits per heavy atom. The molecule has 34 heavy (non-hydrogen) atoms. The lowest BCUT2D eigenvalue weighted by atomic mass is 9.93. The van der Waals surface area contributed by atoms with Gasteiger partial charge in [0.2, 0.25) is 0 Å². The summed E-state index contributed by atoms with van der Waals surface area (Å²) in [5.41, 5.74) is 9.38. The van der Waals surface area contributed by atoms with Crippen LogP contribution in [-0.2, 0) is 12.2 Å². The van der Waals surface area contributed by atoms with Gasteiger partial charge in [-0.15, -0.1) is 0 Å². The fourth-order valence-electron chi connectivity index (χ4n) is 4.51. The lowest BCUT2D eigenvalue weighted by molar-refractivity contribution is 0.349. The minimum absolute atomic E-state index is 0.0864. The number of thioether (sulfide) groups is 1. The quantitative estimate of drug-likeness (QED) is 0.281. The second-order valence-corrected chi connectivity index (χ2v) is 9.91. The van der Waals surface area contributed by atoms with Crippen LogP contribution in [0.15, 0.2) is 66.7 Å². The highest BCUT2D eigenvalue weighted by Crippen LogP contribution is 2.38. The molecular formula is C28H29ClN2OS2. The van der Waals surface area contributed by atoms with Gasteiger partial charge in [-0.2, -0.15) is 11.8 Å². The Morgan fingerprint density at radius 2 is 1.94 bits per heavy atom. The maximum absolute atomic E-state index is 6.20. The number of fused-ring (bicyclic) bond motifs is 3. The number of nitrogens with one attached hydrogen (secondary N) is 1. The first kappa shape index (κ1) is 24.6. The fourth-order valence-corrected chi connectivity index (χ4v) is 5.42. The predicted octanol–water partition coefficient (Wildman–Crippen LogP) is 7.59. The number of methoxy groups -OCH3 is 1. The highest BCUT2D eigenvalue weighted by Gasteiger charge is 2.30. The number of aromatic nitrogens is 1. The second-order valence-electron chi connectivity index (χ2n) is 8.40. The summed E-state index contributed by atoms with van der Waals surface area (Å²) in [5, 5.41) is 1.97. The van der Waals surface area contributed by atoms with Gasteiger partial charge in [0.05, 0.1) is 18.6 Å². The Bertz CT molecular complexity index is 1270. The molecule has 0 fully saturated rings. The average Bonchev–Trinajstić information content (AvgIpc) is 3.22. The highest BCUT2D eigenvalue weighted by atomic mass is 35.5. The molecule has 1 N–H and O–H groups in total. The van der Waals surface area contributed by atoms with Gasteiger partial charge in [0.1, 0.15) is 5.75 Å². The van der Waals surface area contributed by atoms with Gasteiger partial charge < -0.3 is 14.6 Å². The molecular weight excluding hydrogens is 480 g/mol. The summed E-state index contributed by atoms with van der Waals surface area (Å²) in [7, 11) is 1.68. The van der Waals surface area contributed by atoms with Crippen LogP contribution in [0.5, 0.6) is 5.75 Å². The van der Waals surface area contributed by atoms with Gasteiger partial charge >= 0.3 is 0 Å². The molecule has 1 unspecified atom stereocenters. The zero-order chi connectivity index (χ0) is 24.1. The maximum Gasteiger partial charge on any atom is 0.118 e. The van der Waals surface area contributed by atoms with E-state index in [1.807, 2.05) is 42.1 Å². The average molecular weight is 509 g/mol. The largest absolute Gasteiger partial charge is 0.497 e. The third-order valence-corrected chi connectivity index (χ3v) is 7.21. The van der Waals surface area contributed by atoms with Gasteiger partial charge in [0.15, 0.2) is 0 Å². The first-order chi connectivity index (χ1) is 16.5. The van der Waals surface area contributed by atoms with E-state index >= 15 is 0 Å². The van der Waals surface area contributed by atoms with Crippen LogP contribution >= 0.6 is 35.6 Å². The van der Waals surface area contributed by atoms with E-state index in [2.05, 4.69) is 59.5 Å². The standard InChI is InChI=1S/C19H17ClN2OS.C9H12S/c1-23-14-5-2-12(3-6-14)19-18-15(8-9-22(19)11-24)16-10-13(20)4-7-17(16)21-18;1-8-4-3-5-9(6-8)7-10-2/h2-7,10-11,19,21H,8-9H2,1H3;3-6H,7H2,1-2H3. The molecule has 1 aliphatic heterocycles. The summed E-state index contributed by atoms with van der Waals surface area (Å²) < 4.78 is 5.28. The van der Waals surface area contributed by atoms with E-state index < -0.39 is 0 Å². The number of nitrogens with zero attached hydrogens (tertiary/aromatic N) is 1. The Labute approximate surface area is 216 Å². The van der Waals surface area contributed by atoms with Crippen LogP contribution in [-0.4, -0.2) is 35.3 Å². The number of ether oxygens (including phenoxy) is 1. The second kappa shape index (κ2) is 11.3. The van der Waals surface area contributed by atoms with E-state index in [1.54, 1.807) is 12.6 Å². The van der Waals surface area contributed by atoms with Crippen molar-refractivity contribution in [2.45, 2.75) is 25.1 Å². The molecule has 1 aliphatic rings. The zero-order valence-corrected chi connectivity index (χ0v) is 22.1. The van der Waals surface area contributed by atoms with Crippen LogP contribution in [0, 0.1) is 6.92 Å². The molecule has 0 radical (unpaired) electrons. The smallest absolute Gasteiger partial charge is 0.118 e. The van der Waals surface area contributed by atoms with Crippen molar-refractivity contribution in [3.63, 3.8) is 0 Å². The molecule has 0 saturated carbocycles. The molecule has 4 aromatic rings. The number of aryl methyl sites for hydroxylation is 1. The molecule has 0 spiro atoms. The van der Waals surface area contributed by atoms with E-state index in [4.69, 9.17) is 28.6 Å². The third kappa shape index (κ3) is 5.43. The van der Waals surface area contributed by atoms with Gasteiger partial charge in [0, 0.05) is 33.9 Å². The van der Waals surface area contributed by atoms with Gasteiger partial charge in [-0.25, -0.2) is 0 Å². The number of halogens is 1. The number of thiocarbonyl (C=S) groups is 1. The minimum Gasteiger partial charge on any atom is -0.497 e. The van der Waals surface area contributed by atoms with Crippen LogP contribution in [0.4, 0.5) is 0 Å². The fraction of sp³-hybridized carbons (Fsp3) is 0.250. The van der Waals surface area contributed by atoms with Gasteiger partial charge in [-0.05, 0) is 66.6 Å². The number of aromatic amines is 1. The minimum atomic E-state index is 0.0864. The van der Waals surface area contributed by atoms with Gasteiger partial charge in [-0.1, -0.05) is 65.8 Å². The Balaban J connectivity index is 0.000000231. The molecule has 0 bridgehead atoms. The van der Waals surface area contributed by atoms with Gasteiger partial charge in [0.25, 0.3) is 0 Å². The van der Waals surface area contributed by atoms with Crippen molar-refractivity contribution < 1.29 is 4.74 Å². The van der Waals surface area contributed by atoms with Crippen molar-refractivity contribution in [2.75, 3.05) is 19.9 Å². The van der Waals surface area contributed by atoms with Crippen LogP contribution < -0.4 is 4.74 Å². The van der Waals surface area contributed by atoms with E-state index in [9.17, 15) is 0 Å². The normalized spacial score (nSPS) is 14.8. The summed E-state index contributed by atoms with van der Waals surface area (Å²) in [6.07, 6.45) is 3.08. The van der Waals surface area contributed by atoms with Crippen LogP contribution in [0.25, 0.3) is 10.9 Å². The molecule has 0 amide bonds. The summed E-state index contributed by atoms with van der Waals surface area (Å²) in [5.74, 6) is 1.98. The summed E-state index contributed by atoms with van der Waals surface area (Å²) in [6, 6.07) is 22.9. The number of benzene rings is 3. The molecule has 1 atom stereocenters. The monoisotopic (exact) mass is 508 g/mol. The third-order valence-electron chi connectivity index (χ3n) is 6.09. The molecule has 0 saturated heterocycles. The van der Waals surface area contributed by atoms with Crippen molar-refractivity contribution in [1.82, 2.24) is 9.88 Å². The van der Waals surface area contributed by atoms with Crippen molar-refractivity contribution >= 4 is 52.0 Å². The Hall–Kier alpha value is -2.47. The molecule has 3 nitrogen and oxygen atoms in total. The molecule has 3 aromatic carbocycles. The van der Waals surface area contributed by atoms with Crippen molar-refractivity contribution in [3.8, 4) is 5.75 Å². The number of hydrogen-bond acceptors (Lipinski definition) is 3. The molecule has 1 aromatic heterocycles. The van der Waals surface area contributed by atoms with Crippen LogP contribution in [0.1, 0.15) is 34.0 Å². The van der Waals surface area contributed by atoms with E-state index in [0.29, 0.717) is 0 Å². The van der Waals surface area contributed by atoms with Gasteiger partial charge in [-0.3, -0.25) is 0 Å². The first-order valence-corrected chi connectivity index (χ1v) is 13.5. The molecule has 176 valence electrons. The van der Waals surface area contributed by atoms with Crippen LogP contribution in [0.3, 0.4) is 0 Å². The highest BCUT2D eigenvalue weighted by molar-refractivity contribution is 7.97. The van der Waals surface area contributed by atoms with E-state index in [0.717, 1.165) is 35.0 Å². The Morgan fingerprint density at radius 1 is 1.15 bits per heavy atom. The summed E-state index contributed by atoms with van der Waals surface area (Å²) >= 11 is 13.3. The van der Waals surface area contributed by atoms with E-state index in [1.165, 1.54) is 33.3 Å². The molecule has 0 aliphatic carbocycles. The van der Waals surface area contributed by atoms with Crippen molar-refractivity contribution in [3.05, 3.63) is 99.7 Å². The lowest BCUT2D eigenvalue weighted by Crippen LogP contribution is -2.34. The van der Waals surface area contributed by atoms with Crippen molar-refractivity contribution in [1.29, 1.82) is 0 Å². The lowest BCUT2D eigenvalue weighted by Gasteiger charge is -2.34. The topological polar surface area (TPSA) is 28.3 Å². The maximum atomic E-state index is 6.20. The number of hydrogen-bond donors (Lipinski definition) is 1. The molecule has 6 heteroatoms. The molecule has 2 heterocycles. The zero-order valence-electron chi connectivity index (χ0n) is 19.7. The SMILES string of the molecule is COc1ccc(C2c3[nH]c4ccc(Cl)cc4c3CCN2C=S)cc1.CSCc1cccc(C)c1.